The van der Waals surface area contributed by atoms with Crippen LogP contribution in [0.4, 0.5) is 0 Å². The Morgan fingerprint density at radius 3 is 1.45 bits per heavy atom. The average Bonchev–Trinajstić information content (AvgIpc) is 2.48. The fourth-order valence-corrected chi connectivity index (χ4v) is 13.0. The minimum atomic E-state index is -1.77. The highest BCUT2D eigenvalue weighted by Gasteiger charge is 2.57. The van der Waals surface area contributed by atoms with Gasteiger partial charge in [0.2, 0.25) is 0 Å². The molecule has 0 aromatic carbocycles. The number of halogens is 1. The summed E-state index contributed by atoms with van der Waals surface area (Å²) in [5.41, 5.74) is 1.77. The second-order valence-corrected chi connectivity index (χ2v) is 14.6. The Kier molecular flexibility index (Phi) is 5.68. The summed E-state index contributed by atoms with van der Waals surface area (Å²) in [6.45, 7) is 9.85. The molecule has 0 saturated heterocycles. The lowest BCUT2D eigenvalue weighted by molar-refractivity contribution is 0.395. The van der Waals surface area contributed by atoms with Gasteiger partial charge in [-0.3, -0.25) is 0 Å². The molecular weight excluding hydrogens is 280 g/mol. The zero-order valence-corrected chi connectivity index (χ0v) is 15.9. The molecular formula is C18H35ClSi. The zero-order valence-electron chi connectivity index (χ0n) is 14.2. The van der Waals surface area contributed by atoms with E-state index >= 15 is 0 Å². The molecule has 0 radical (unpaired) electrons. The maximum Gasteiger partial charge on any atom is 0.168 e. The van der Waals surface area contributed by atoms with Gasteiger partial charge in [-0.2, -0.15) is 11.1 Å². The molecule has 0 aromatic rings. The van der Waals surface area contributed by atoms with E-state index in [0.29, 0.717) is 5.04 Å². The Morgan fingerprint density at radius 2 is 1.15 bits per heavy atom. The highest BCUT2D eigenvalue weighted by atomic mass is 35.6. The quantitative estimate of drug-likeness (QED) is 0.378. The molecule has 0 heterocycles. The minimum absolute atomic E-state index is 0.374. The fraction of sp³-hybridized carbons (Fsp3) is 1.00. The molecule has 0 N–H and O–H groups in total. The largest absolute Gasteiger partial charge is 0.168 e. The van der Waals surface area contributed by atoms with Gasteiger partial charge in [0.05, 0.1) is 0 Å². The van der Waals surface area contributed by atoms with Crippen LogP contribution < -0.4 is 0 Å². The SMILES string of the molecule is CC(C)C(C)(C)[Si](Cl)(C1CCCCC1)C1CCCCC1. The van der Waals surface area contributed by atoms with Crippen molar-refractivity contribution in [3.63, 3.8) is 0 Å². The molecule has 0 amide bonds. The summed E-state index contributed by atoms with van der Waals surface area (Å²) >= 11 is 7.72. The predicted octanol–water partition coefficient (Wildman–Crippen LogP) is 7.28. The van der Waals surface area contributed by atoms with E-state index < -0.39 is 7.38 Å². The standard InChI is InChI=1S/C18H35ClSi/c1-15(2)18(3,4)20(19,16-11-7-5-8-12-16)17-13-9-6-10-14-17/h15-17H,5-14H2,1-4H3. The summed E-state index contributed by atoms with van der Waals surface area (Å²) in [5.74, 6) is 0.718. The van der Waals surface area contributed by atoms with Gasteiger partial charge in [-0.1, -0.05) is 91.9 Å². The van der Waals surface area contributed by atoms with Crippen LogP contribution in [0.15, 0.2) is 0 Å². The first-order chi connectivity index (χ1) is 9.40. The molecule has 0 aliphatic heterocycles. The monoisotopic (exact) mass is 314 g/mol. The first-order valence-corrected chi connectivity index (χ1v) is 12.3. The van der Waals surface area contributed by atoms with Crippen LogP contribution in [0, 0.1) is 5.92 Å². The van der Waals surface area contributed by atoms with E-state index in [0.717, 1.165) is 17.0 Å². The summed E-state index contributed by atoms with van der Waals surface area (Å²) in [4.78, 5) is 0. The van der Waals surface area contributed by atoms with Crippen LogP contribution >= 0.6 is 11.1 Å². The van der Waals surface area contributed by atoms with Gasteiger partial charge in [-0.05, 0) is 22.0 Å². The molecule has 2 rings (SSSR count). The Hall–Kier alpha value is 0.507. The maximum atomic E-state index is 7.72. The summed E-state index contributed by atoms with van der Waals surface area (Å²) in [6.07, 6.45) is 14.4. The molecule has 2 aliphatic carbocycles. The molecule has 0 spiro atoms. The van der Waals surface area contributed by atoms with E-state index in [1.165, 1.54) is 64.2 Å². The van der Waals surface area contributed by atoms with E-state index in [4.69, 9.17) is 11.1 Å². The molecule has 0 atom stereocenters. The van der Waals surface area contributed by atoms with Crippen LogP contribution in [0.1, 0.15) is 91.9 Å². The van der Waals surface area contributed by atoms with Crippen molar-refractivity contribution in [1.82, 2.24) is 0 Å². The molecule has 0 bridgehead atoms. The molecule has 20 heavy (non-hydrogen) atoms. The second kappa shape index (κ2) is 6.73. The normalized spacial score (nSPS) is 24.3. The van der Waals surface area contributed by atoms with Crippen LogP contribution in [0.25, 0.3) is 0 Å². The van der Waals surface area contributed by atoms with Crippen molar-refractivity contribution in [3.05, 3.63) is 0 Å². The van der Waals surface area contributed by atoms with E-state index in [1.807, 2.05) is 0 Å². The third kappa shape index (κ3) is 3.00. The van der Waals surface area contributed by atoms with Gasteiger partial charge in [-0.15, -0.1) is 0 Å². The number of hydrogen-bond acceptors (Lipinski definition) is 0. The van der Waals surface area contributed by atoms with Crippen molar-refractivity contribution in [1.29, 1.82) is 0 Å². The summed E-state index contributed by atoms with van der Waals surface area (Å²) < 4.78 is 0. The Morgan fingerprint density at radius 1 is 0.800 bits per heavy atom. The Balaban J connectivity index is 2.30. The topological polar surface area (TPSA) is 0 Å². The lowest BCUT2D eigenvalue weighted by Gasteiger charge is -2.53. The van der Waals surface area contributed by atoms with Gasteiger partial charge in [0.1, 0.15) is 0 Å². The van der Waals surface area contributed by atoms with Crippen molar-refractivity contribution in [2.45, 2.75) is 108 Å². The Bertz CT molecular complexity index is 281. The highest BCUT2D eigenvalue weighted by molar-refractivity contribution is 7.23. The molecule has 2 fully saturated rings. The minimum Gasteiger partial charge on any atom is -0.166 e. The summed E-state index contributed by atoms with van der Waals surface area (Å²) in [5, 5.41) is 0.374. The zero-order chi connectivity index (χ0) is 14.8. The van der Waals surface area contributed by atoms with Crippen molar-refractivity contribution in [2.24, 2.45) is 5.92 Å². The summed E-state index contributed by atoms with van der Waals surface area (Å²) in [7, 11) is -1.77. The molecule has 0 unspecified atom stereocenters. The smallest absolute Gasteiger partial charge is 0.166 e. The third-order valence-corrected chi connectivity index (χ3v) is 16.2. The van der Waals surface area contributed by atoms with Gasteiger partial charge in [-0.25, -0.2) is 0 Å². The second-order valence-electron chi connectivity index (χ2n) is 8.31. The van der Waals surface area contributed by atoms with Gasteiger partial charge in [0.15, 0.2) is 7.38 Å². The van der Waals surface area contributed by atoms with Crippen LogP contribution in [-0.4, -0.2) is 7.38 Å². The van der Waals surface area contributed by atoms with Crippen LogP contribution in [0.3, 0.4) is 0 Å². The van der Waals surface area contributed by atoms with Gasteiger partial charge < -0.3 is 0 Å². The number of rotatable bonds is 4. The summed E-state index contributed by atoms with van der Waals surface area (Å²) in [6, 6.07) is 0. The van der Waals surface area contributed by atoms with Crippen molar-refractivity contribution in [3.8, 4) is 0 Å². The van der Waals surface area contributed by atoms with Gasteiger partial charge >= 0.3 is 0 Å². The predicted molar refractivity (Wildman–Crippen MR) is 94.2 cm³/mol. The maximum absolute atomic E-state index is 7.72. The lowest BCUT2D eigenvalue weighted by atomic mass is 9.97. The van der Waals surface area contributed by atoms with Crippen molar-refractivity contribution >= 4 is 18.5 Å². The van der Waals surface area contributed by atoms with Gasteiger partial charge in [0, 0.05) is 0 Å². The third-order valence-electron chi connectivity index (χ3n) is 6.83. The van der Waals surface area contributed by atoms with E-state index in [9.17, 15) is 0 Å². The molecule has 2 saturated carbocycles. The molecule has 2 heteroatoms. The lowest BCUT2D eigenvalue weighted by Crippen LogP contribution is -2.51. The average molecular weight is 315 g/mol. The van der Waals surface area contributed by atoms with E-state index in [-0.39, 0.29) is 0 Å². The fourth-order valence-electron chi connectivity index (χ4n) is 4.87. The molecule has 2 aliphatic rings. The van der Waals surface area contributed by atoms with Crippen LogP contribution in [0.2, 0.25) is 16.1 Å². The van der Waals surface area contributed by atoms with Crippen molar-refractivity contribution < 1.29 is 0 Å². The van der Waals surface area contributed by atoms with E-state index in [2.05, 4.69) is 27.7 Å². The first-order valence-electron chi connectivity index (χ1n) is 9.09. The Labute approximate surface area is 132 Å². The highest BCUT2D eigenvalue weighted by Crippen LogP contribution is 2.63. The van der Waals surface area contributed by atoms with Crippen LogP contribution in [-0.2, 0) is 0 Å². The van der Waals surface area contributed by atoms with E-state index in [1.54, 1.807) is 0 Å². The number of hydrogen-bond donors (Lipinski definition) is 0. The van der Waals surface area contributed by atoms with Gasteiger partial charge in [0.25, 0.3) is 0 Å². The van der Waals surface area contributed by atoms with Crippen LogP contribution in [0.5, 0.6) is 0 Å². The first kappa shape index (κ1) is 16.9. The van der Waals surface area contributed by atoms with Crippen molar-refractivity contribution in [2.75, 3.05) is 0 Å². The molecule has 0 aromatic heterocycles. The molecule has 0 nitrogen and oxygen atoms in total. The molecule has 118 valence electrons.